The van der Waals surface area contributed by atoms with Crippen molar-refractivity contribution in [2.24, 2.45) is 5.73 Å². The van der Waals surface area contributed by atoms with Crippen LogP contribution in [0, 0.1) is 0 Å². The molecule has 2 aliphatic rings. The van der Waals surface area contributed by atoms with Crippen LogP contribution >= 0.6 is 0 Å². The molecule has 2 aliphatic heterocycles. The summed E-state index contributed by atoms with van der Waals surface area (Å²) < 4.78 is 16.0. The minimum absolute atomic E-state index is 0.0673. The number of aliphatic hydroxyl groups is 7. The molecule has 0 aromatic rings. The van der Waals surface area contributed by atoms with Crippen molar-refractivity contribution in [1.29, 1.82) is 0 Å². The van der Waals surface area contributed by atoms with Crippen LogP contribution in [0.25, 0.3) is 0 Å². The van der Waals surface area contributed by atoms with Gasteiger partial charge in [-0.1, -0.05) is 0 Å². The highest BCUT2D eigenvalue weighted by molar-refractivity contribution is 5.73. The summed E-state index contributed by atoms with van der Waals surface area (Å²) in [4.78, 5) is 22.5. The van der Waals surface area contributed by atoms with Gasteiger partial charge in [0, 0.05) is 6.54 Å². The first-order valence-electron chi connectivity index (χ1n) is 10.6. The number of carboxylic acids is 1. The lowest BCUT2D eigenvalue weighted by atomic mass is 9.92. The minimum Gasteiger partial charge on any atom is -0.480 e. The van der Waals surface area contributed by atoms with Crippen molar-refractivity contribution in [1.82, 2.24) is 10.6 Å². The number of carboxylic acid groups (broad SMARTS) is 1. The van der Waals surface area contributed by atoms with E-state index in [1.54, 1.807) is 0 Å². The number of nitrogens with two attached hydrogens (primary N) is 1. The first-order chi connectivity index (χ1) is 16.0. The standard InChI is InChI=1S/C18H33N3O13/c19-17(31)20-3-1-2-7(15(29)30)21-18(6-23)14(28)13(8(24)5-32-18)34-16-12(27)11(26)10(25)9(4-22)33-16/h7-14,16,21-28H,1-6H2,(H,29,30)(H3,19,20,31)/t7-,8-,9-,10-,11+,12-,13-,14+,16-,18+/m0/s1. The first kappa shape index (κ1) is 28.5. The second-order valence-corrected chi connectivity index (χ2v) is 8.14. The number of nitrogens with one attached hydrogen (secondary N) is 2. The molecule has 12 N–H and O–H groups in total. The predicted octanol–water partition coefficient (Wildman–Crippen LogP) is -5.90. The second-order valence-electron chi connectivity index (χ2n) is 8.14. The summed E-state index contributed by atoms with van der Waals surface area (Å²) in [5, 5.41) is 84.8. The van der Waals surface area contributed by atoms with Gasteiger partial charge in [-0.05, 0) is 12.8 Å². The van der Waals surface area contributed by atoms with E-state index in [0.717, 1.165) is 0 Å². The van der Waals surface area contributed by atoms with E-state index in [0.29, 0.717) is 0 Å². The summed E-state index contributed by atoms with van der Waals surface area (Å²) in [6, 6.07) is -2.17. The lowest BCUT2D eigenvalue weighted by molar-refractivity contribution is -0.347. The lowest BCUT2D eigenvalue weighted by Crippen LogP contribution is -2.72. The Morgan fingerprint density at radius 1 is 1.12 bits per heavy atom. The van der Waals surface area contributed by atoms with Crippen molar-refractivity contribution in [2.45, 2.75) is 73.6 Å². The molecule has 2 heterocycles. The van der Waals surface area contributed by atoms with Gasteiger partial charge < -0.3 is 66.1 Å². The smallest absolute Gasteiger partial charge is 0.320 e. The Morgan fingerprint density at radius 2 is 1.79 bits per heavy atom. The largest absolute Gasteiger partial charge is 0.480 e. The van der Waals surface area contributed by atoms with Gasteiger partial charge in [-0.25, -0.2) is 4.79 Å². The molecule has 198 valence electrons. The summed E-state index contributed by atoms with van der Waals surface area (Å²) in [5.41, 5.74) is 2.82. The van der Waals surface area contributed by atoms with Gasteiger partial charge in [-0.3, -0.25) is 10.1 Å². The highest BCUT2D eigenvalue weighted by atomic mass is 16.7. The number of hydrogen-bond donors (Lipinski definition) is 11. The van der Waals surface area contributed by atoms with Gasteiger partial charge in [0.1, 0.15) is 48.8 Å². The zero-order valence-electron chi connectivity index (χ0n) is 18.1. The van der Waals surface area contributed by atoms with Gasteiger partial charge in [0.15, 0.2) is 12.0 Å². The van der Waals surface area contributed by atoms with E-state index < -0.39 is 92.6 Å². The van der Waals surface area contributed by atoms with Crippen molar-refractivity contribution in [3.8, 4) is 0 Å². The molecule has 2 rings (SSSR count). The van der Waals surface area contributed by atoms with E-state index in [2.05, 4.69) is 10.6 Å². The molecule has 0 aromatic carbocycles. The summed E-state index contributed by atoms with van der Waals surface area (Å²) in [6.07, 6.45) is -13.3. The number of amides is 2. The Bertz CT molecular complexity index is 685. The molecule has 0 aromatic heterocycles. The van der Waals surface area contributed by atoms with Crippen LogP contribution in [-0.2, 0) is 19.0 Å². The van der Waals surface area contributed by atoms with Crippen LogP contribution in [0.4, 0.5) is 4.79 Å². The van der Waals surface area contributed by atoms with E-state index in [-0.39, 0.29) is 19.4 Å². The average molecular weight is 499 g/mol. The van der Waals surface area contributed by atoms with Crippen molar-refractivity contribution in [2.75, 3.05) is 26.4 Å². The normalized spacial score (nSPS) is 39.4. The molecule has 0 radical (unpaired) electrons. The molecule has 0 aliphatic carbocycles. The number of urea groups is 1. The molecule has 0 saturated carbocycles. The van der Waals surface area contributed by atoms with Crippen LogP contribution in [0.1, 0.15) is 12.8 Å². The Kier molecular flexibility index (Phi) is 10.3. The Labute approximate surface area is 193 Å². The van der Waals surface area contributed by atoms with Gasteiger partial charge in [-0.15, -0.1) is 0 Å². The molecule has 0 bridgehead atoms. The topological polar surface area (TPSA) is 274 Å². The van der Waals surface area contributed by atoms with Crippen molar-refractivity contribution in [3.05, 3.63) is 0 Å². The zero-order chi connectivity index (χ0) is 25.6. The van der Waals surface area contributed by atoms with Crippen LogP contribution in [0.5, 0.6) is 0 Å². The van der Waals surface area contributed by atoms with Gasteiger partial charge >= 0.3 is 12.0 Å². The summed E-state index contributed by atoms with van der Waals surface area (Å²) >= 11 is 0. The number of carbonyl (C=O) groups excluding carboxylic acids is 1. The highest BCUT2D eigenvalue weighted by Gasteiger charge is 2.54. The predicted molar refractivity (Wildman–Crippen MR) is 108 cm³/mol. The van der Waals surface area contributed by atoms with Crippen LogP contribution < -0.4 is 16.4 Å². The second kappa shape index (κ2) is 12.3. The van der Waals surface area contributed by atoms with Crippen molar-refractivity contribution >= 4 is 12.0 Å². The molecule has 0 spiro atoms. The SMILES string of the molecule is NC(=O)NCCC[C@H](N[C@]1(CO)OC[C@H](O)[C@H](O[C@@H]2O[C@@H](CO)[C@H](O)[C@@H](O)[C@@H]2O)[C@H]1O)C(=O)O. The van der Waals surface area contributed by atoms with Crippen LogP contribution in [0.3, 0.4) is 0 Å². The minimum atomic E-state index is -2.13. The van der Waals surface area contributed by atoms with Gasteiger partial charge in [0.25, 0.3) is 0 Å². The molecular weight excluding hydrogens is 466 g/mol. The Morgan fingerprint density at radius 3 is 2.35 bits per heavy atom. The van der Waals surface area contributed by atoms with Gasteiger partial charge in [-0.2, -0.15) is 0 Å². The molecule has 0 unspecified atom stereocenters. The maximum atomic E-state index is 11.7. The summed E-state index contributed by atoms with van der Waals surface area (Å²) in [7, 11) is 0. The molecule has 2 fully saturated rings. The van der Waals surface area contributed by atoms with E-state index in [4.69, 9.17) is 19.9 Å². The number of carbonyl (C=O) groups is 2. The summed E-state index contributed by atoms with van der Waals surface area (Å²) in [5.74, 6) is -1.36. The maximum absolute atomic E-state index is 11.7. The maximum Gasteiger partial charge on any atom is 0.320 e. The average Bonchev–Trinajstić information content (AvgIpc) is 2.79. The quantitative estimate of drug-likeness (QED) is 0.118. The molecule has 16 heteroatoms. The van der Waals surface area contributed by atoms with Crippen LogP contribution in [0.15, 0.2) is 0 Å². The highest BCUT2D eigenvalue weighted by Crippen LogP contribution is 2.31. The third-order valence-electron chi connectivity index (χ3n) is 5.74. The first-order valence-corrected chi connectivity index (χ1v) is 10.6. The van der Waals surface area contributed by atoms with Gasteiger partial charge in [0.05, 0.1) is 19.8 Å². The lowest BCUT2D eigenvalue weighted by Gasteiger charge is -2.49. The van der Waals surface area contributed by atoms with Crippen molar-refractivity contribution < 1.29 is 64.7 Å². The van der Waals surface area contributed by atoms with E-state index >= 15 is 0 Å². The number of aliphatic carboxylic acids is 1. The number of ether oxygens (including phenoxy) is 3. The van der Waals surface area contributed by atoms with E-state index in [9.17, 15) is 50.4 Å². The number of hydrogen-bond acceptors (Lipinski definition) is 13. The fraction of sp³-hybridized carbons (Fsp3) is 0.889. The molecule has 10 atom stereocenters. The third-order valence-corrected chi connectivity index (χ3v) is 5.74. The van der Waals surface area contributed by atoms with Crippen LogP contribution in [0.2, 0.25) is 0 Å². The Hall–Kier alpha value is -1.70. The fourth-order valence-corrected chi connectivity index (χ4v) is 3.77. The molecular formula is C18H33N3O13. The molecule has 2 amide bonds. The zero-order valence-corrected chi connectivity index (χ0v) is 18.1. The van der Waals surface area contributed by atoms with Crippen LogP contribution in [-0.4, -0.2) is 140 Å². The monoisotopic (exact) mass is 499 g/mol. The number of primary amides is 1. The van der Waals surface area contributed by atoms with Crippen molar-refractivity contribution in [3.63, 3.8) is 0 Å². The molecule has 2 saturated heterocycles. The molecule has 34 heavy (non-hydrogen) atoms. The van der Waals surface area contributed by atoms with E-state index in [1.807, 2.05) is 0 Å². The van der Waals surface area contributed by atoms with Gasteiger partial charge in [0.2, 0.25) is 0 Å². The number of aliphatic hydroxyl groups excluding tert-OH is 7. The van der Waals surface area contributed by atoms with E-state index in [1.165, 1.54) is 0 Å². The number of rotatable bonds is 11. The Balaban J connectivity index is 2.15. The fourth-order valence-electron chi connectivity index (χ4n) is 3.77. The summed E-state index contributed by atoms with van der Waals surface area (Å²) in [6.45, 7) is -2.17. The third kappa shape index (κ3) is 6.49. The molecule has 16 nitrogen and oxygen atoms in total.